The second kappa shape index (κ2) is 8.34. The van der Waals surface area contributed by atoms with E-state index in [1.807, 2.05) is 12.1 Å². The number of hydrogen-bond donors (Lipinski definition) is 2. The van der Waals surface area contributed by atoms with E-state index in [0.29, 0.717) is 22.5 Å². The van der Waals surface area contributed by atoms with Crippen LogP contribution in [-0.2, 0) is 0 Å². The number of hydrazone groups is 1. The van der Waals surface area contributed by atoms with Crippen molar-refractivity contribution in [3.05, 3.63) is 95.8 Å². The lowest BCUT2D eigenvalue weighted by Gasteiger charge is -2.10. The Morgan fingerprint density at radius 1 is 0.846 bits per heavy atom. The van der Waals surface area contributed by atoms with E-state index in [-0.39, 0.29) is 5.91 Å². The second-order valence-corrected chi connectivity index (χ2v) is 5.32. The minimum Gasteiger partial charge on any atom is -0.321 e. The topological polar surface area (TPSA) is 83.5 Å². The van der Waals surface area contributed by atoms with Crippen LogP contribution in [0, 0.1) is 0 Å². The Kier molecular flexibility index (Phi) is 5.47. The number of anilines is 1. The van der Waals surface area contributed by atoms with Gasteiger partial charge in [-0.3, -0.25) is 14.6 Å². The van der Waals surface area contributed by atoms with Gasteiger partial charge in [0.1, 0.15) is 0 Å². The molecule has 1 aromatic heterocycles. The van der Waals surface area contributed by atoms with Crippen molar-refractivity contribution < 1.29 is 9.59 Å². The Hall–Kier alpha value is -3.80. The number of para-hydroxylation sites is 1. The van der Waals surface area contributed by atoms with E-state index in [9.17, 15) is 9.59 Å². The number of carbonyl (C=O) groups excluding carboxylic acids is 2. The smallest absolute Gasteiger partial charge is 0.273 e. The molecule has 0 saturated heterocycles. The Bertz CT molecular complexity index is 925. The van der Waals surface area contributed by atoms with Crippen molar-refractivity contribution in [2.24, 2.45) is 5.10 Å². The number of aromatic nitrogens is 1. The molecule has 2 aromatic carbocycles. The Balaban J connectivity index is 1.71. The highest BCUT2D eigenvalue weighted by molar-refractivity contribution is 6.09. The van der Waals surface area contributed by atoms with Gasteiger partial charge in [0.05, 0.1) is 23.2 Å². The monoisotopic (exact) mass is 344 g/mol. The lowest BCUT2D eigenvalue weighted by molar-refractivity contribution is 0.0956. The molecule has 0 aliphatic heterocycles. The molecule has 0 aliphatic carbocycles. The molecule has 128 valence electrons. The fraction of sp³-hybridized carbons (Fsp3) is 0. The van der Waals surface area contributed by atoms with Crippen LogP contribution in [0.15, 0.2) is 84.1 Å². The number of rotatable bonds is 5. The highest BCUT2D eigenvalue weighted by Crippen LogP contribution is 2.16. The molecule has 6 nitrogen and oxygen atoms in total. The molecular weight excluding hydrogens is 328 g/mol. The number of nitrogens with zero attached hydrogens (tertiary/aromatic N) is 2. The number of amides is 2. The van der Waals surface area contributed by atoms with Gasteiger partial charge in [0, 0.05) is 11.8 Å². The summed E-state index contributed by atoms with van der Waals surface area (Å²) in [6, 6.07) is 20.9. The van der Waals surface area contributed by atoms with Crippen molar-refractivity contribution in [1.29, 1.82) is 0 Å². The normalized spacial score (nSPS) is 10.5. The zero-order chi connectivity index (χ0) is 18.2. The van der Waals surface area contributed by atoms with Gasteiger partial charge in [-0.15, -0.1) is 0 Å². The second-order valence-electron chi connectivity index (χ2n) is 5.32. The van der Waals surface area contributed by atoms with E-state index >= 15 is 0 Å². The quantitative estimate of drug-likeness (QED) is 0.551. The van der Waals surface area contributed by atoms with Crippen LogP contribution in [0.25, 0.3) is 0 Å². The van der Waals surface area contributed by atoms with Crippen LogP contribution in [0.1, 0.15) is 26.4 Å². The molecule has 0 saturated carbocycles. The molecule has 2 N–H and O–H groups in total. The number of nitrogens with one attached hydrogen (secondary N) is 2. The van der Waals surface area contributed by atoms with Gasteiger partial charge in [-0.25, -0.2) is 5.43 Å². The predicted molar refractivity (Wildman–Crippen MR) is 100 cm³/mol. The summed E-state index contributed by atoms with van der Waals surface area (Å²) in [4.78, 5) is 28.8. The Labute approximate surface area is 150 Å². The van der Waals surface area contributed by atoms with Crippen LogP contribution in [-0.4, -0.2) is 23.0 Å². The maximum Gasteiger partial charge on any atom is 0.273 e. The maximum absolute atomic E-state index is 12.4. The molecule has 0 fully saturated rings. The first-order valence-corrected chi connectivity index (χ1v) is 7.94. The molecule has 0 unspecified atom stereocenters. The first-order valence-electron chi connectivity index (χ1n) is 7.94. The van der Waals surface area contributed by atoms with Crippen LogP contribution in [0.5, 0.6) is 0 Å². The van der Waals surface area contributed by atoms with Crippen LogP contribution in [0.4, 0.5) is 5.69 Å². The van der Waals surface area contributed by atoms with Crippen LogP contribution in [0.3, 0.4) is 0 Å². The molecule has 0 atom stereocenters. The van der Waals surface area contributed by atoms with Crippen molar-refractivity contribution >= 4 is 23.7 Å². The van der Waals surface area contributed by atoms with Crippen molar-refractivity contribution in [1.82, 2.24) is 10.4 Å². The van der Waals surface area contributed by atoms with Gasteiger partial charge in [-0.1, -0.05) is 36.4 Å². The summed E-state index contributed by atoms with van der Waals surface area (Å²) in [5.41, 5.74) is 4.30. The summed E-state index contributed by atoms with van der Waals surface area (Å²) in [6.07, 6.45) is 3.08. The van der Waals surface area contributed by atoms with Crippen LogP contribution >= 0.6 is 0 Å². The molecule has 3 rings (SSSR count). The lowest BCUT2D eigenvalue weighted by Crippen LogP contribution is -2.21. The maximum atomic E-state index is 12.4. The summed E-state index contributed by atoms with van der Waals surface area (Å²) in [5.74, 6) is -0.719. The molecule has 1 heterocycles. The summed E-state index contributed by atoms with van der Waals surface area (Å²) >= 11 is 0. The highest BCUT2D eigenvalue weighted by Gasteiger charge is 2.13. The van der Waals surface area contributed by atoms with Crippen molar-refractivity contribution in [3.63, 3.8) is 0 Å². The molecule has 3 aromatic rings. The van der Waals surface area contributed by atoms with Gasteiger partial charge in [0.2, 0.25) is 0 Å². The number of pyridine rings is 1. The van der Waals surface area contributed by atoms with Crippen molar-refractivity contribution in [3.8, 4) is 0 Å². The van der Waals surface area contributed by atoms with Crippen LogP contribution in [0.2, 0.25) is 0 Å². The third-order valence-electron chi connectivity index (χ3n) is 3.51. The zero-order valence-corrected chi connectivity index (χ0v) is 13.8. The lowest BCUT2D eigenvalue weighted by atomic mass is 10.1. The highest BCUT2D eigenvalue weighted by atomic mass is 16.2. The molecular formula is C20H16N4O2. The van der Waals surface area contributed by atoms with E-state index in [1.54, 1.807) is 66.9 Å². The molecule has 6 heteroatoms. The van der Waals surface area contributed by atoms with E-state index in [2.05, 4.69) is 20.8 Å². The minimum atomic E-state index is -0.429. The van der Waals surface area contributed by atoms with E-state index in [4.69, 9.17) is 0 Å². The van der Waals surface area contributed by atoms with Crippen molar-refractivity contribution in [2.75, 3.05) is 5.32 Å². The number of hydrogen-bond acceptors (Lipinski definition) is 4. The third-order valence-corrected chi connectivity index (χ3v) is 3.51. The molecule has 2 amide bonds. The van der Waals surface area contributed by atoms with Gasteiger partial charge in [0.15, 0.2) is 0 Å². The molecule has 0 radical (unpaired) electrons. The first kappa shape index (κ1) is 17.0. The summed E-state index contributed by atoms with van der Waals surface area (Å²) in [6.45, 7) is 0. The van der Waals surface area contributed by atoms with Gasteiger partial charge in [-0.2, -0.15) is 5.10 Å². The molecule has 0 spiro atoms. The predicted octanol–water partition coefficient (Wildman–Crippen LogP) is 3.10. The van der Waals surface area contributed by atoms with E-state index < -0.39 is 5.91 Å². The molecule has 0 aliphatic rings. The zero-order valence-electron chi connectivity index (χ0n) is 13.8. The molecule has 0 bridgehead atoms. The average molecular weight is 344 g/mol. The minimum absolute atomic E-state index is 0.289. The summed E-state index contributed by atoms with van der Waals surface area (Å²) in [5, 5.41) is 6.65. The largest absolute Gasteiger partial charge is 0.321 e. The fourth-order valence-corrected chi connectivity index (χ4v) is 2.24. The summed E-state index contributed by atoms with van der Waals surface area (Å²) in [7, 11) is 0. The van der Waals surface area contributed by atoms with Gasteiger partial charge in [-0.05, 0) is 36.4 Å². The fourth-order valence-electron chi connectivity index (χ4n) is 2.24. The van der Waals surface area contributed by atoms with E-state index in [1.165, 1.54) is 6.21 Å². The Morgan fingerprint density at radius 3 is 2.35 bits per heavy atom. The van der Waals surface area contributed by atoms with Gasteiger partial charge in [0.25, 0.3) is 11.8 Å². The van der Waals surface area contributed by atoms with E-state index in [0.717, 1.165) is 0 Å². The third kappa shape index (κ3) is 4.39. The average Bonchev–Trinajstić information content (AvgIpc) is 2.70. The Morgan fingerprint density at radius 2 is 1.58 bits per heavy atom. The molecule has 26 heavy (non-hydrogen) atoms. The standard InChI is InChI=1S/C20H16N4O2/c25-19(15-8-2-1-3-9-15)23-18-12-5-4-11-17(18)20(26)24-22-14-16-10-6-7-13-21-16/h1-14H,(H,23,25)(H,24,26)/b22-14-. The number of carbonyl (C=O) groups is 2. The number of benzene rings is 2. The first-order chi connectivity index (χ1) is 12.7. The summed E-state index contributed by atoms with van der Waals surface area (Å²) < 4.78 is 0. The van der Waals surface area contributed by atoms with Gasteiger partial charge < -0.3 is 5.32 Å². The van der Waals surface area contributed by atoms with Crippen molar-refractivity contribution in [2.45, 2.75) is 0 Å². The SMILES string of the molecule is O=C(Nc1ccccc1C(=O)N/N=C\c1ccccn1)c1ccccc1. The van der Waals surface area contributed by atoms with Gasteiger partial charge >= 0.3 is 0 Å². The van der Waals surface area contributed by atoms with Crippen LogP contribution < -0.4 is 10.7 Å².